The molecule has 1 saturated heterocycles. The Morgan fingerprint density at radius 3 is 2.94 bits per heavy atom. The minimum absolute atomic E-state index is 0.00969. The van der Waals surface area contributed by atoms with Crippen molar-refractivity contribution in [2.75, 3.05) is 17.7 Å². The van der Waals surface area contributed by atoms with Crippen LogP contribution in [0.2, 0.25) is 0 Å². The number of halogens is 1. The van der Waals surface area contributed by atoms with Crippen molar-refractivity contribution in [1.82, 2.24) is 9.55 Å². The number of hydrogen-bond acceptors (Lipinski definition) is 6. The maximum absolute atomic E-state index is 13.4. The summed E-state index contributed by atoms with van der Waals surface area (Å²) in [4.78, 5) is 30.4. The van der Waals surface area contributed by atoms with E-state index in [1.807, 2.05) is 18.2 Å². The van der Waals surface area contributed by atoms with Crippen LogP contribution in [-0.2, 0) is 16.1 Å². The summed E-state index contributed by atoms with van der Waals surface area (Å²) in [6.07, 6.45) is 1.71. The first kappa shape index (κ1) is 20.7. The highest BCUT2D eigenvalue weighted by molar-refractivity contribution is 7.99. The van der Waals surface area contributed by atoms with Crippen LogP contribution in [0.25, 0.3) is 22.1 Å². The molecule has 0 bridgehead atoms. The first-order chi connectivity index (χ1) is 15.6. The summed E-state index contributed by atoms with van der Waals surface area (Å²) in [7, 11) is 0. The molecule has 1 fully saturated rings. The second kappa shape index (κ2) is 8.76. The summed E-state index contributed by atoms with van der Waals surface area (Å²) >= 11 is 1.15. The van der Waals surface area contributed by atoms with Gasteiger partial charge in [-0.3, -0.25) is 14.2 Å². The first-order valence-electron chi connectivity index (χ1n) is 10.3. The predicted molar refractivity (Wildman–Crippen MR) is 121 cm³/mol. The molecule has 1 amide bonds. The normalized spacial score (nSPS) is 16.1. The number of benzene rings is 2. The number of rotatable bonds is 6. The van der Waals surface area contributed by atoms with Crippen molar-refractivity contribution in [3.63, 3.8) is 0 Å². The van der Waals surface area contributed by atoms with E-state index in [9.17, 15) is 14.0 Å². The van der Waals surface area contributed by atoms with Gasteiger partial charge in [-0.1, -0.05) is 30.0 Å². The standard InChI is InChI=1S/C23H20FN3O4S/c24-14-5-3-6-15(11-14)25-19(28)13-32-23-26-20-17-8-1-2-9-18(17)31-21(20)22(29)27(23)12-16-7-4-10-30-16/h1-3,5-6,8-9,11,16H,4,7,10,12-13H2,(H,25,28)/t16-/m0/s1. The van der Waals surface area contributed by atoms with Gasteiger partial charge in [-0.15, -0.1) is 0 Å². The molecule has 9 heteroatoms. The van der Waals surface area contributed by atoms with Gasteiger partial charge >= 0.3 is 0 Å². The van der Waals surface area contributed by atoms with Gasteiger partial charge in [-0.2, -0.15) is 0 Å². The van der Waals surface area contributed by atoms with Gasteiger partial charge in [0, 0.05) is 17.7 Å². The molecule has 1 atom stereocenters. The highest BCUT2D eigenvalue weighted by Crippen LogP contribution is 2.28. The van der Waals surface area contributed by atoms with Crippen molar-refractivity contribution >= 4 is 45.4 Å². The number of nitrogens with one attached hydrogen (secondary N) is 1. The summed E-state index contributed by atoms with van der Waals surface area (Å²) in [5.74, 6) is -0.745. The van der Waals surface area contributed by atoms with Gasteiger partial charge in [0.15, 0.2) is 5.16 Å². The average Bonchev–Trinajstić information content (AvgIpc) is 3.42. The maximum atomic E-state index is 13.4. The smallest absolute Gasteiger partial charge is 0.297 e. The molecule has 1 N–H and O–H groups in total. The van der Waals surface area contributed by atoms with Gasteiger partial charge in [0.2, 0.25) is 11.5 Å². The van der Waals surface area contributed by atoms with Gasteiger partial charge in [0.05, 0.1) is 18.4 Å². The van der Waals surface area contributed by atoms with E-state index in [0.717, 1.165) is 30.0 Å². The van der Waals surface area contributed by atoms with E-state index in [0.29, 0.717) is 35.1 Å². The van der Waals surface area contributed by atoms with Gasteiger partial charge in [0.25, 0.3) is 5.56 Å². The second-order valence-corrected chi connectivity index (χ2v) is 8.51. The minimum Gasteiger partial charge on any atom is -0.448 e. The van der Waals surface area contributed by atoms with Gasteiger partial charge < -0.3 is 14.5 Å². The molecule has 0 unspecified atom stereocenters. The summed E-state index contributed by atoms with van der Waals surface area (Å²) < 4.78 is 26.4. The predicted octanol–water partition coefficient (Wildman–Crippen LogP) is 4.19. The number of fused-ring (bicyclic) bond motifs is 3. The lowest BCUT2D eigenvalue weighted by Gasteiger charge is -2.15. The topological polar surface area (TPSA) is 86.4 Å². The van der Waals surface area contributed by atoms with Crippen molar-refractivity contribution < 1.29 is 18.3 Å². The molecule has 0 saturated carbocycles. The zero-order valence-electron chi connectivity index (χ0n) is 17.0. The number of nitrogens with zero attached hydrogens (tertiary/aromatic N) is 2. The zero-order chi connectivity index (χ0) is 22.1. The Morgan fingerprint density at radius 2 is 2.12 bits per heavy atom. The second-order valence-electron chi connectivity index (χ2n) is 7.57. The molecule has 164 valence electrons. The number of carbonyl (C=O) groups is 1. The Morgan fingerprint density at radius 1 is 1.25 bits per heavy atom. The number of amides is 1. The minimum atomic E-state index is -0.431. The number of carbonyl (C=O) groups excluding carboxylic acids is 1. The number of furan rings is 1. The highest BCUT2D eigenvalue weighted by atomic mass is 32.2. The van der Waals surface area contributed by atoms with Crippen LogP contribution in [0.15, 0.2) is 62.9 Å². The van der Waals surface area contributed by atoms with Crippen molar-refractivity contribution in [1.29, 1.82) is 0 Å². The molecule has 4 aromatic rings. The van der Waals surface area contributed by atoms with Crippen molar-refractivity contribution in [2.45, 2.75) is 30.6 Å². The van der Waals surface area contributed by atoms with E-state index in [2.05, 4.69) is 5.32 Å². The average molecular weight is 453 g/mol. The molecule has 0 spiro atoms. The SMILES string of the molecule is O=C(CSc1nc2c(oc3ccccc32)c(=O)n1C[C@@H]1CCCO1)Nc1cccc(F)c1. The summed E-state index contributed by atoms with van der Waals surface area (Å²) in [5, 5.41) is 3.82. The Kier molecular flexibility index (Phi) is 5.67. The van der Waals surface area contributed by atoms with Gasteiger partial charge in [-0.25, -0.2) is 9.37 Å². The van der Waals surface area contributed by atoms with Crippen LogP contribution >= 0.6 is 11.8 Å². The molecule has 3 heterocycles. The van der Waals surface area contributed by atoms with Crippen LogP contribution < -0.4 is 10.9 Å². The Bertz CT molecular complexity index is 1360. The number of ether oxygens (including phenoxy) is 1. The van der Waals surface area contributed by atoms with E-state index >= 15 is 0 Å². The largest absolute Gasteiger partial charge is 0.448 e. The molecule has 0 aliphatic carbocycles. The molecule has 2 aromatic heterocycles. The Balaban J connectivity index is 1.47. The lowest BCUT2D eigenvalue weighted by molar-refractivity contribution is -0.113. The molecule has 0 radical (unpaired) electrons. The molecule has 1 aliphatic heterocycles. The molecule has 7 nitrogen and oxygen atoms in total. The van der Waals surface area contributed by atoms with Crippen LogP contribution in [0.3, 0.4) is 0 Å². The fourth-order valence-corrected chi connectivity index (χ4v) is 4.61. The first-order valence-corrected chi connectivity index (χ1v) is 11.3. The highest BCUT2D eigenvalue weighted by Gasteiger charge is 2.23. The third kappa shape index (κ3) is 4.13. The Labute approximate surface area is 186 Å². The fraction of sp³-hybridized carbons (Fsp3) is 0.261. The quantitative estimate of drug-likeness (QED) is 0.348. The number of para-hydroxylation sites is 1. The van der Waals surface area contributed by atoms with Crippen LogP contribution in [0.4, 0.5) is 10.1 Å². The van der Waals surface area contributed by atoms with E-state index < -0.39 is 5.82 Å². The fourth-order valence-electron chi connectivity index (χ4n) is 3.81. The van der Waals surface area contributed by atoms with E-state index in [1.165, 1.54) is 22.8 Å². The lowest BCUT2D eigenvalue weighted by atomic mass is 10.2. The number of anilines is 1. The monoisotopic (exact) mass is 453 g/mol. The van der Waals surface area contributed by atoms with Crippen molar-refractivity contribution in [3.05, 3.63) is 64.7 Å². The summed E-state index contributed by atoms with van der Waals surface area (Å²) in [6, 6.07) is 13.0. The Hall–Kier alpha value is -3.17. The number of thioether (sulfide) groups is 1. The van der Waals surface area contributed by atoms with Crippen LogP contribution in [0.5, 0.6) is 0 Å². The molecule has 5 rings (SSSR count). The molecule has 1 aliphatic rings. The van der Waals surface area contributed by atoms with Crippen LogP contribution in [0.1, 0.15) is 12.8 Å². The third-order valence-electron chi connectivity index (χ3n) is 5.30. The molecular formula is C23H20FN3O4S. The third-order valence-corrected chi connectivity index (χ3v) is 6.27. The summed E-state index contributed by atoms with van der Waals surface area (Å²) in [5.41, 5.74) is 1.33. The van der Waals surface area contributed by atoms with E-state index in [-0.39, 0.29) is 28.9 Å². The lowest BCUT2D eigenvalue weighted by Crippen LogP contribution is -2.29. The van der Waals surface area contributed by atoms with Crippen LogP contribution in [0, 0.1) is 5.82 Å². The maximum Gasteiger partial charge on any atom is 0.297 e. The molecular weight excluding hydrogens is 433 g/mol. The van der Waals surface area contributed by atoms with E-state index in [1.54, 1.807) is 12.1 Å². The van der Waals surface area contributed by atoms with Crippen molar-refractivity contribution in [3.8, 4) is 0 Å². The zero-order valence-corrected chi connectivity index (χ0v) is 17.9. The molecule has 2 aromatic carbocycles. The number of hydrogen-bond donors (Lipinski definition) is 1. The summed E-state index contributed by atoms with van der Waals surface area (Å²) in [6.45, 7) is 1.00. The van der Waals surface area contributed by atoms with E-state index in [4.69, 9.17) is 14.1 Å². The van der Waals surface area contributed by atoms with Crippen molar-refractivity contribution in [2.24, 2.45) is 0 Å². The number of aromatic nitrogens is 2. The van der Waals surface area contributed by atoms with Crippen LogP contribution in [-0.4, -0.2) is 33.9 Å². The van der Waals surface area contributed by atoms with Gasteiger partial charge in [0.1, 0.15) is 16.9 Å². The van der Waals surface area contributed by atoms with Gasteiger partial charge in [-0.05, 0) is 43.2 Å². The molecule has 32 heavy (non-hydrogen) atoms.